The second-order valence-electron chi connectivity index (χ2n) is 5.11. The summed E-state index contributed by atoms with van der Waals surface area (Å²) in [5.74, 6) is -0.306. The summed E-state index contributed by atoms with van der Waals surface area (Å²) >= 11 is 0. The summed E-state index contributed by atoms with van der Waals surface area (Å²) in [5.41, 5.74) is 0. The first-order valence-corrected chi connectivity index (χ1v) is 6.59. The third kappa shape index (κ3) is 3.11. The molecule has 7 unspecified atom stereocenters. The van der Waals surface area contributed by atoms with Crippen molar-refractivity contribution in [2.75, 3.05) is 6.61 Å². The van der Waals surface area contributed by atoms with Gasteiger partial charge in [0.1, 0.15) is 30.5 Å². The first-order valence-electron chi connectivity index (χ1n) is 6.59. The van der Waals surface area contributed by atoms with E-state index in [1.807, 2.05) is 0 Å². The molecule has 0 spiro atoms. The molecule has 0 aliphatic carbocycles. The highest BCUT2D eigenvalue weighted by Crippen LogP contribution is 2.26. The standard InChI is InChI=1S/C12H20O8/c1-5(6-2-3-8(14)19-6)18-12-11(17)10(16)9(15)7(4-13)20-12/h5-7,9-13,15-17H,2-4H2,1H3. The van der Waals surface area contributed by atoms with Gasteiger partial charge < -0.3 is 34.6 Å². The lowest BCUT2D eigenvalue weighted by Crippen LogP contribution is -2.60. The topological polar surface area (TPSA) is 126 Å². The van der Waals surface area contributed by atoms with Gasteiger partial charge in [0, 0.05) is 6.42 Å². The highest BCUT2D eigenvalue weighted by atomic mass is 16.7. The Bertz CT molecular complexity index is 346. The molecule has 0 bridgehead atoms. The number of esters is 1. The predicted molar refractivity (Wildman–Crippen MR) is 63.4 cm³/mol. The van der Waals surface area contributed by atoms with Gasteiger partial charge in [-0.25, -0.2) is 0 Å². The predicted octanol–water partition coefficient (Wildman–Crippen LogP) is -2.10. The van der Waals surface area contributed by atoms with E-state index in [9.17, 15) is 20.1 Å². The maximum Gasteiger partial charge on any atom is 0.306 e. The minimum atomic E-state index is -1.48. The summed E-state index contributed by atoms with van der Waals surface area (Å²) in [6.45, 7) is 1.14. The van der Waals surface area contributed by atoms with Crippen LogP contribution >= 0.6 is 0 Å². The molecular weight excluding hydrogens is 272 g/mol. The van der Waals surface area contributed by atoms with E-state index in [0.29, 0.717) is 12.8 Å². The van der Waals surface area contributed by atoms with Gasteiger partial charge in [0.05, 0.1) is 12.7 Å². The van der Waals surface area contributed by atoms with Crippen LogP contribution in [0.5, 0.6) is 0 Å². The molecule has 2 aliphatic heterocycles. The Balaban J connectivity index is 1.95. The molecule has 0 aromatic heterocycles. The van der Waals surface area contributed by atoms with Crippen molar-refractivity contribution in [1.29, 1.82) is 0 Å². The second kappa shape index (κ2) is 6.33. The summed E-state index contributed by atoms with van der Waals surface area (Å²) in [7, 11) is 0. The van der Waals surface area contributed by atoms with Crippen LogP contribution in [0.2, 0.25) is 0 Å². The van der Waals surface area contributed by atoms with Gasteiger partial charge in [-0.15, -0.1) is 0 Å². The molecule has 7 atom stereocenters. The Morgan fingerprint density at radius 3 is 2.55 bits per heavy atom. The molecule has 2 rings (SSSR count). The summed E-state index contributed by atoms with van der Waals surface area (Å²) < 4.78 is 15.7. The molecule has 0 aromatic carbocycles. The van der Waals surface area contributed by atoms with Crippen LogP contribution in [-0.2, 0) is 19.0 Å². The Hall–Kier alpha value is -0.770. The quantitative estimate of drug-likeness (QED) is 0.434. The number of carbonyl (C=O) groups is 1. The van der Waals surface area contributed by atoms with Crippen LogP contribution in [-0.4, -0.2) is 75.9 Å². The SMILES string of the molecule is CC(OC1OC(CO)C(O)C(O)C1O)C1CCC(=O)O1. The van der Waals surface area contributed by atoms with Crippen LogP contribution in [0.3, 0.4) is 0 Å². The van der Waals surface area contributed by atoms with Gasteiger partial charge in [0.2, 0.25) is 0 Å². The van der Waals surface area contributed by atoms with E-state index < -0.39 is 49.5 Å². The molecular formula is C12H20O8. The minimum Gasteiger partial charge on any atom is -0.460 e. The smallest absolute Gasteiger partial charge is 0.306 e. The number of hydrogen-bond donors (Lipinski definition) is 4. The van der Waals surface area contributed by atoms with Gasteiger partial charge in [0.25, 0.3) is 0 Å². The van der Waals surface area contributed by atoms with Crippen molar-refractivity contribution in [1.82, 2.24) is 0 Å². The first kappa shape index (κ1) is 15.6. The van der Waals surface area contributed by atoms with Crippen molar-refractivity contribution in [2.45, 2.75) is 62.7 Å². The normalized spacial score (nSPS) is 43.4. The van der Waals surface area contributed by atoms with Crippen molar-refractivity contribution in [2.24, 2.45) is 0 Å². The number of cyclic esters (lactones) is 1. The fraction of sp³-hybridized carbons (Fsp3) is 0.917. The van der Waals surface area contributed by atoms with Crippen LogP contribution in [0.15, 0.2) is 0 Å². The van der Waals surface area contributed by atoms with Crippen molar-refractivity contribution in [3.05, 3.63) is 0 Å². The average Bonchev–Trinajstić information content (AvgIpc) is 2.86. The highest BCUT2D eigenvalue weighted by Gasteiger charge is 2.45. The molecule has 0 radical (unpaired) electrons. The number of hydrogen-bond acceptors (Lipinski definition) is 8. The van der Waals surface area contributed by atoms with E-state index >= 15 is 0 Å². The van der Waals surface area contributed by atoms with E-state index in [2.05, 4.69) is 0 Å². The molecule has 116 valence electrons. The number of rotatable bonds is 4. The van der Waals surface area contributed by atoms with Crippen molar-refractivity contribution >= 4 is 5.97 Å². The Kier molecular flexibility index (Phi) is 4.95. The summed E-state index contributed by atoms with van der Waals surface area (Å²) in [5, 5.41) is 38.1. The van der Waals surface area contributed by atoms with Crippen LogP contribution in [0.1, 0.15) is 19.8 Å². The summed E-state index contributed by atoms with van der Waals surface area (Å²) in [6.07, 6.45) is -6.73. The molecule has 8 nitrogen and oxygen atoms in total. The van der Waals surface area contributed by atoms with Gasteiger partial charge in [0.15, 0.2) is 6.29 Å². The summed E-state index contributed by atoms with van der Waals surface area (Å²) in [4.78, 5) is 11.0. The molecule has 2 aliphatic rings. The molecule has 2 saturated heterocycles. The van der Waals surface area contributed by atoms with Crippen LogP contribution in [0, 0.1) is 0 Å². The van der Waals surface area contributed by atoms with Crippen LogP contribution in [0.4, 0.5) is 0 Å². The third-order valence-electron chi connectivity index (χ3n) is 3.64. The van der Waals surface area contributed by atoms with Gasteiger partial charge in [-0.05, 0) is 13.3 Å². The molecule has 8 heteroatoms. The Labute approximate surface area is 115 Å². The number of ether oxygens (including phenoxy) is 3. The monoisotopic (exact) mass is 292 g/mol. The van der Waals surface area contributed by atoms with E-state index in [1.54, 1.807) is 6.92 Å². The second-order valence-corrected chi connectivity index (χ2v) is 5.11. The van der Waals surface area contributed by atoms with Gasteiger partial charge in [-0.3, -0.25) is 4.79 Å². The number of carbonyl (C=O) groups excluding carboxylic acids is 1. The molecule has 0 aromatic rings. The number of aliphatic hydroxyl groups excluding tert-OH is 4. The van der Waals surface area contributed by atoms with Crippen LogP contribution < -0.4 is 0 Å². The zero-order valence-corrected chi connectivity index (χ0v) is 11.1. The molecule has 0 amide bonds. The molecule has 0 saturated carbocycles. The maximum atomic E-state index is 11.0. The van der Waals surface area contributed by atoms with Crippen LogP contribution in [0.25, 0.3) is 0 Å². The van der Waals surface area contributed by atoms with Gasteiger partial charge >= 0.3 is 5.97 Å². The fourth-order valence-corrected chi connectivity index (χ4v) is 2.36. The summed E-state index contributed by atoms with van der Waals surface area (Å²) in [6, 6.07) is 0. The number of aliphatic hydroxyl groups is 4. The fourth-order valence-electron chi connectivity index (χ4n) is 2.36. The molecule has 4 N–H and O–H groups in total. The zero-order valence-electron chi connectivity index (χ0n) is 11.1. The highest BCUT2D eigenvalue weighted by molar-refractivity contribution is 5.71. The van der Waals surface area contributed by atoms with Crippen molar-refractivity contribution in [3.8, 4) is 0 Å². The Morgan fingerprint density at radius 1 is 1.30 bits per heavy atom. The molecule has 20 heavy (non-hydrogen) atoms. The lowest BCUT2D eigenvalue weighted by atomic mass is 9.99. The van der Waals surface area contributed by atoms with E-state index in [-0.39, 0.29) is 5.97 Å². The minimum absolute atomic E-state index is 0.306. The molecule has 2 heterocycles. The van der Waals surface area contributed by atoms with Gasteiger partial charge in [-0.1, -0.05) is 0 Å². The van der Waals surface area contributed by atoms with Gasteiger partial charge in [-0.2, -0.15) is 0 Å². The lowest BCUT2D eigenvalue weighted by Gasteiger charge is -2.40. The lowest BCUT2D eigenvalue weighted by molar-refractivity contribution is -0.314. The average molecular weight is 292 g/mol. The zero-order chi connectivity index (χ0) is 14.9. The van der Waals surface area contributed by atoms with Crippen molar-refractivity contribution in [3.63, 3.8) is 0 Å². The maximum absolute atomic E-state index is 11.0. The van der Waals surface area contributed by atoms with E-state index in [1.165, 1.54) is 0 Å². The van der Waals surface area contributed by atoms with E-state index in [4.69, 9.17) is 19.3 Å². The largest absolute Gasteiger partial charge is 0.460 e. The first-order chi connectivity index (χ1) is 9.43. The third-order valence-corrected chi connectivity index (χ3v) is 3.64. The van der Waals surface area contributed by atoms with E-state index in [0.717, 1.165) is 0 Å². The Morgan fingerprint density at radius 2 is 2.00 bits per heavy atom. The van der Waals surface area contributed by atoms with Crippen molar-refractivity contribution < 1.29 is 39.4 Å². The molecule has 2 fully saturated rings.